The second-order valence-corrected chi connectivity index (χ2v) is 16.0. The van der Waals surface area contributed by atoms with Gasteiger partial charge in [0, 0.05) is 47.5 Å². The van der Waals surface area contributed by atoms with Gasteiger partial charge in [0.15, 0.2) is 0 Å². The summed E-state index contributed by atoms with van der Waals surface area (Å²) >= 11 is 0. The zero-order chi connectivity index (χ0) is 39.3. The first-order valence-corrected chi connectivity index (χ1v) is 18.2. The van der Waals surface area contributed by atoms with Crippen LogP contribution in [0.5, 0.6) is 5.75 Å². The molecule has 6 rings (SSSR count). The molecule has 54 heavy (non-hydrogen) atoms. The van der Waals surface area contributed by atoms with Gasteiger partial charge in [-0.15, -0.1) is 0 Å². The first-order chi connectivity index (χ1) is 25.4. The minimum atomic E-state index is -1.47. The third kappa shape index (κ3) is 6.65. The van der Waals surface area contributed by atoms with E-state index in [1.807, 2.05) is 13.8 Å². The van der Waals surface area contributed by atoms with E-state index in [1.54, 1.807) is 52.9 Å². The van der Waals surface area contributed by atoms with Gasteiger partial charge in [-0.1, -0.05) is 41.5 Å². The van der Waals surface area contributed by atoms with Crippen LogP contribution >= 0.6 is 0 Å². The first kappa shape index (κ1) is 38.6. The molecule has 8 atom stereocenters. The van der Waals surface area contributed by atoms with Crippen molar-refractivity contribution in [3.8, 4) is 17.1 Å². The quantitative estimate of drug-likeness (QED) is 0.112. The summed E-state index contributed by atoms with van der Waals surface area (Å²) in [5.74, 6) is -3.77. The van der Waals surface area contributed by atoms with Crippen molar-refractivity contribution in [3.63, 3.8) is 0 Å². The SMILES string of the molecule is CC(C)C(=O)OC[C@@]1(C)C2C[C@H](OC(=O)c3ccc([N+](=O)[O-])cc3)[C@@]3(C)Oc4cc(-c5cccnc5)oc(=O)c4[C@H](O)C3[C@@]2(C)CC[C@@H]1OC(=O)C(C)C. The molecule has 2 unspecified atom stereocenters. The number of esters is 3. The number of nitrogens with zero attached hydrogens (tertiary/aromatic N) is 2. The number of hydrogen-bond acceptors (Lipinski definition) is 13. The van der Waals surface area contributed by atoms with Crippen LogP contribution in [-0.4, -0.2) is 57.3 Å². The average molecular weight is 747 g/mol. The molecule has 2 saturated carbocycles. The van der Waals surface area contributed by atoms with E-state index in [1.165, 1.54) is 36.5 Å². The van der Waals surface area contributed by atoms with Gasteiger partial charge in [0.25, 0.3) is 5.69 Å². The molecule has 2 aliphatic carbocycles. The molecule has 1 aliphatic heterocycles. The van der Waals surface area contributed by atoms with Crippen molar-refractivity contribution in [1.29, 1.82) is 0 Å². The maximum Gasteiger partial charge on any atom is 0.345 e. The van der Waals surface area contributed by atoms with Gasteiger partial charge in [0.1, 0.15) is 41.5 Å². The molecule has 3 aliphatic rings. The van der Waals surface area contributed by atoms with Crippen molar-refractivity contribution < 1.29 is 47.8 Å². The van der Waals surface area contributed by atoms with Gasteiger partial charge >= 0.3 is 23.5 Å². The molecule has 1 aromatic carbocycles. The van der Waals surface area contributed by atoms with E-state index in [0.717, 1.165) is 0 Å². The number of nitro groups is 1. The summed E-state index contributed by atoms with van der Waals surface area (Å²) in [5.41, 5.74) is -3.95. The van der Waals surface area contributed by atoms with Crippen molar-refractivity contribution in [2.45, 2.75) is 91.6 Å². The van der Waals surface area contributed by atoms with Crippen molar-refractivity contribution in [1.82, 2.24) is 4.98 Å². The summed E-state index contributed by atoms with van der Waals surface area (Å²) in [6.45, 7) is 12.3. The predicted molar refractivity (Wildman–Crippen MR) is 192 cm³/mol. The Morgan fingerprint density at radius 2 is 1.70 bits per heavy atom. The van der Waals surface area contributed by atoms with Crippen LogP contribution in [-0.2, 0) is 23.8 Å². The summed E-state index contributed by atoms with van der Waals surface area (Å²) in [4.78, 5) is 68.5. The van der Waals surface area contributed by atoms with Gasteiger partial charge in [-0.2, -0.15) is 0 Å². The molecular weight excluding hydrogens is 700 g/mol. The van der Waals surface area contributed by atoms with E-state index < -0.39 is 86.9 Å². The first-order valence-electron chi connectivity index (χ1n) is 18.2. The van der Waals surface area contributed by atoms with Crippen molar-refractivity contribution >= 4 is 23.6 Å². The molecular formula is C40H46N2O12. The van der Waals surface area contributed by atoms with Crippen molar-refractivity contribution in [2.24, 2.45) is 34.5 Å². The number of nitro benzene ring substituents is 1. The van der Waals surface area contributed by atoms with E-state index in [0.29, 0.717) is 18.4 Å². The highest BCUT2D eigenvalue weighted by atomic mass is 16.6. The number of benzene rings is 1. The fourth-order valence-corrected chi connectivity index (χ4v) is 8.97. The van der Waals surface area contributed by atoms with Crippen LogP contribution in [0.15, 0.2) is 64.1 Å². The average Bonchev–Trinajstić information content (AvgIpc) is 3.12. The van der Waals surface area contributed by atoms with Crippen LogP contribution in [0.4, 0.5) is 5.69 Å². The zero-order valence-electron chi connectivity index (χ0n) is 31.4. The van der Waals surface area contributed by atoms with E-state index in [-0.39, 0.29) is 41.4 Å². The topological polar surface area (TPSA) is 195 Å². The Labute approximate surface area is 312 Å². The lowest BCUT2D eigenvalue weighted by Gasteiger charge is -2.66. The Kier molecular flexibility index (Phi) is 10.2. The molecule has 0 saturated heterocycles. The summed E-state index contributed by atoms with van der Waals surface area (Å²) in [6.07, 6.45) is 0.671. The summed E-state index contributed by atoms with van der Waals surface area (Å²) in [7, 11) is 0. The van der Waals surface area contributed by atoms with Gasteiger partial charge in [0.05, 0.1) is 28.4 Å². The standard InChI is InChI=1S/C40H46N2O12/c1-21(2)34(44)50-20-39(6)28-18-30(53-36(46)23-10-12-25(13-11-23)42(48)49)40(7)33(38(28,5)15-14-29(39)52-35(45)22(3)4)32(43)31-27(54-40)17-26(51-37(31)47)24-9-8-16-41-19-24/h8-13,16-17,19,21-22,28-30,32-33,43H,14-15,18,20H2,1-7H3/t28?,29-,30-,32-,33?,38-,39-,40+/m0/s1. The number of ether oxygens (including phenoxy) is 4. The Hall–Kier alpha value is -5.11. The van der Waals surface area contributed by atoms with E-state index >= 15 is 0 Å². The molecule has 0 radical (unpaired) electrons. The normalized spacial score (nSPS) is 29.9. The third-order valence-corrected chi connectivity index (χ3v) is 11.8. The van der Waals surface area contributed by atoms with Crippen LogP contribution in [0.3, 0.4) is 0 Å². The minimum absolute atomic E-state index is 0.0476. The van der Waals surface area contributed by atoms with Crippen molar-refractivity contribution in [2.75, 3.05) is 6.61 Å². The van der Waals surface area contributed by atoms with E-state index in [4.69, 9.17) is 23.4 Å². The second-order valence-electron chi connectivity index (χ2n) is 16.0. The maximum atomic E-state index is 13.9. The number of rotatable bonds is 9. The largest absolute Gasteiger partial charge is 0.482 e. The van der Waals surface area contributed by atoms with Crippen LogP contribution in [0.1, 0.15) is 89.8 Å². The second kappa shape index (κ2) is 14.3. The van der Waals surface area contributed by atoms with Crippen LogP contribution < -0.4 is 10.4 Å². The number of aliphatic hydroxyl groups excluding tert-OH is 1. The van der Waals surface area contributed by atoms with Crippen LogP contribution in [0.2, 0.25) is 0 Å². The number of carbonyl (C=O) groups excluding carboxylic acids is 3. The van der Waals surface area contributed by atoms with Gasteiger partial charge in [-0.05, 0) is 61.8 Å². The maximum absolute atomic E-state index is 13.9. The molecule has 14 heteroatoms. The fourth-order valence-electron chi connectivity index (χ4n) is 8.97. The van der Waals surface area contributed by atoms with Crippen molar-refractivity contribution in [3.05, 3.63) is 86.5 Å². The number of carbonyl (C=O) groups is 3. The number of aromatic nitrogens is 1. The summed E-state index contributed by atoms with van der Waals surface area (Å²) in [6, 6.07) is 9.89. The lowest BCUT2D eigenvalue weighted by atomic mass is 9.42. The molecule has 1 N–H and O–H groups in total. The number of pyridine rings is 1. The Morgan fingerprint density at radius 3 is 2.31 bits per heavy atom. The van der Waals surface area contributed by atoms with Gasteiger partial charge in [-0.3, -0.25) is 24.7 Å². The molecule has 288 valence electrons. The highest BCUT2D eigenvalue weighted by Gasteiger charge is 2.71. The monoisotopic (exact) mass is 746 g/mol. The van der Waals surface area contributed by atoms with E-state index in [9.17, 15) is 34.4 Å². The highest BCUT2D eigenvalue weighted by molar-refractivity contribution is 5.89. The van der Waals surface area contributed by atoms with Crippen LogP contribution in [0.25, 0.3) is 11.3 Å². The molecule has 0 amide bonds. The Bertz CT molecular complexity index is 2000. The molecule has 3 heterocycles. The lowest BCUT2D eigenvalue weighted by Crippen LogP contribution is -2.71. The smallest absolute Gasteiger partial charge is 0.345 e. The summed E-state index contributed by atoms with van der Waals surface area (Å²) < 4.78 is 30.8. The molecule has 0 bridgehead atoms. The minimum Gasteiger partial charge on any atom is -0.482 e. The molecule has 2 aromatic heterocycles. The number of hydrogen-bond donors (Lipinski definition) is 1. The molecule has 3 aromatic rings. The summed E-state index contributed by atoms with van der Waals surface area (Å²) in [5, 5.41) is 23.7. The molecule has 14 nitrogen and oxygen atoms in total. The Morgan fingerprint density at radius 1 is 1.02 bits per heavy atom. The number of fused-ring (bicyclic) bond motifs is 4. The lowest BCUT2D eigenvalue weighted by molar-refractivity contribution is -0.384. The predicted octanol–water partition coefficient (Wildman–Crippen LogP) is 6.23. The Balaban J connectivity index is 1.49. The molecule has 2 fully saturated rings. The van der Waals surface area contributed by atoms with Crippen LogP contribution in [0, 0.1) is 44.6 Å². The highest BCUT2D eigenvalue weighted by Crippen LogP contribution is 2.67. The van der Waals surface area contributed by atoms with E-state index in [2.05, 4.69) is 4.98 Å². The van der Waals surface area contributed by atoms with Gasteiger partial charge < -0.3 is 28.5 Å². The van der Waals surface area contributed by atoms with Gasteiger partial charge in [0.2, 0.25) is 0 Å². The number of non-ortho nitro benzene ring substituents is 1. The van der Waals surface area contributed by atoms with Gasteiger partial charge in [-0.25, -0.2) is 9.59 Å². The number of aliphatic hydroxyl groups is 1. The zero-order valence-corrected chi connectivity index (χ0v) is 31.4. The third-order valence-electron chi connectivity index (χ3n) is 11.8. The fraction of sp³-hybridized carbons (Fsp3) is 0.525. The molecule has 0 spiro atoms.